The molecular formula is C13H10Br2FN3. The zero-order valence-corrected chi connectivity index (χ0v) is 13.0. The predicted molar refractivity (Wildman–Crippen MR) is 79.1 cm³/mol. The molecule has 6 heteroatoms. The molecule has 1 heterocycles. The molecule has 2 aromatic rings. The Bertz CT molecular complexity index is 629. The van der Waals surface area contributed by atoms with Gasteiger partial charge in [-0.25, -0.2) is 14.4 Å². The molecule has 1 aromatic heterocycles. The van der Waals surface area contributed by atoms with Gasteiger partial charge in [-0.15, -0.1) is 0 Å². The molecule has 0 bridgehead atoms. The first-order valence-corrected chi connectivity index (χ1v) is 7.47. The normalized spacial score (nSPS) is 14.5. The Morgan fingerprint density at radius 3 is 2.63 bits per heavy atom. The van der Waals surface area contributed by atoms with Crippen molar-refractivity contribution in [3.63, 3.8) is 0 Å². The van der Waals surface area contributed by atoms with Crippen molar-refractivity contribution in [1.29, 1.82) is 0 Å². The monoisotopic (exact) mass is 385 g/mol. The van der Waals surface area contributed by atoms with E-state index in [0.717, 1.165) is 18.7 Å². The quantitative estimate of drug-likeness (QED) is 0.772. The second kappa shape index (κ2) is 5.17. The lowest BCUT2D eigenvalue weighted by Gasteiger charge is -2.09. The molecule has 98 valence electrons. The van der Waals surface area contributed by atoms with Crippen LogP contribution in [-0.4, -0.2) is 9.97 Å². The maximum absolute atomic E-state index is 13.8. The van der Waals surface area contributed by atoms with Gasteiger partial charge in [0, 0.05) is 16.5 Å². The summed E-state index contributed by atoms with van der Waals surface area (Å²) in [6, 6.07) is 6.61. The number of halogens is 3. The highest BCUT2D eigenvalue weighted by atomic mass is 79.9. The smallest absolute Gasteiger partial charge is 0.147 e. The largest absolute Gasteiger partial charge is 0.338 e. The average molecular weight is 387 g/mol. The number of hydrogen-bond acceptors (Lipinski definition) is 3. The number of hydrogen-bond donors (Lipinski definition) is 1. The molecule has 0 radical (unpaired) electrons. The molecule has 0 amide bonds. The van der Waals surface area contributed by atoms with Crippen molar-refractivity contribution < 1.29 is 4.39 Å². The number of nitrogens with one attached hydrogen (secondary N) is 1. The molecule has 0 aliphatic heterocycles. The van der Waals surface area contributed by atoms with Crippen molar-refractivity contribution in [2.75, 3.05) is 5.32 Å². The van der Waals surface area contributed by atoms with E-state index in [2.05, 4.69) is 47.1 Å². The summed E-state index contributed by atoms with van der Waals surface area (Å²) in [6.45, 7) is 0. The Morgan fingerprint density at radius 1 is 1.16 bits per heavy atom. The number of benzene rings is 1. The Labute approximate surface area is 126 Å². The molecule has 3 rings (SSSR count). The van der Waals surface area contributed by atoms with Crippen molar-refractivity contribution in [2.45, 2.75) is 18.8 Å². The van der Waals surface area contributed by atoms with E-state index in [9.17, 15) is 4.39 Å². The van der Waals surface area contributed by atoms with Gasteiger partial charge < -0.3 is 5.32 Å². The molecule has 3 nitrogen and oxygen atoms in total. The van der Waals surface area contributed by atoms with Gasteiger partial charge in [-0.05, 0) is 47.0 Å². The van der Waals surface area contributed by atoms with E-state index in [1.807, 2.05) is 0 Å². The molecule has 1 aliphatic rings. The summed E-state index contributed by atoms with van der Waals surface area (Å²) < 4.78 is 15.2. The minimum Gasteiger partial charge on any atom is -0.338 e. The van der Waals surface area contributed by atoms with Gasteiger partial charge in [0.15, 0.2) is 0 Å². The fraction of sp³-hybridized carbons (Fsp3) is 0.231. The molecule has 1 aromatic carbocycles. The second-order valence-electron chi connectivity index (χ2n) is 4.46. The molecular weight excluding hydrogens is 377 g/mol. The van der Waals surface area contributed by atoms with Gasteiger partial charge in [-0.3, -0.25) is 0 Å². The Morgan fingerprint density at radius 2 is 1.95 bits per heavy atom. The van der Waals surface area contributed by atoms with E-state index in [1.54, 1.807) is 18.2 Å². The highest BCUT2D eigenvalue weighted by molar-refractivity contribution is 9.10. The fourth-order valence-corrected chi connectivity index (χ4v) is 2.48. The van der Waals surface area contributed by atoms with Crippen LogP contribution in [0.5, 0.6) is 0 Å². The summed E-state index contributed by atoms with van der Waals surface area (Å²) in [7, 11) is 0. The van der Waals surface area contributed by atoms with Crippen molar-refractivity contribution in [2.24, 2.45) is 0 Å². The highest BCUT2D eigenvalue weighted by Gasteiger charge is 2.27. The van der Waals surface area contributed by atoms with Gasteiger partial charge in [0.2, 0.25) is 0 Å². The number of nitrogens with zero attached hydrogens (tertiary/aromatic N) is 2. The van der Waals surface area contributed by atoms with Crippen LogP contribution in [0.15, 0.2) is 33.3 Å². The first kappa shape index (κ1) is 13.0. The lowest BCUT2D eigenvalue weighted by Crippen LogP contribution is -2.01. The van der Waals surface area contributed by atoms with E-state index in [1.165, 1.54) is 6.07 Å². The van der Waals surface area contributed by atoms with Crippen LogP contribution in [0.1, 0.15) is 24.6 Å². The SMILES string of the molecule is Fc1cc(Br)ccc1Nc1cc(Br)nc(C2CC2)n1. The summed E-state index contributed by atoms with van der Waals surface area (Å²) in [5.74, 6) is 1.55. The molecule has 1 N–H and O–H groups in total. The van der Waals surface area contributed by atoms with E-state index in [4.69, 9.17) is 0 Å². The molecule has 1 fully saturated rings. The zero-order chi connectivity index (χ0) is 13.4. The Hall–Kier alpha value is -1.01. The standard InChI is InChI=1S/C13H10Br2FN3/c14-8-3-4-10(9(16)5-8)17-12-6-11(15)18-13(19-12)7-1-2-7/h3-7H,1-2H2,(H,17,18,19). The van der Waals surface area contributed by atoms with Crippen LogP contribution < -0.4 is 5.32 Å². The minimum absolute atomic E-state index is 0.322. The molecule has 1 aliphatic carbocycles. The summed E-state index contributed by atoms with van der Waals surface area (Å²) in [6.07, 6.45) is 2.26. The van der Waals surface area contributed by atoms with Crippen molar-refractivity contribution in [3.8, 4) is 0 Å². The third-order valence-corrected chi connectivity index (χ3v) is 3.75. The van der Waals surface area contributed by atoms with Crippen LogP contribution in [0.25, 0.3) is 0 Å². The van der Waals surface area contributed by atoms with Crippen molar-refractivity contribution in [1.82, 2.24) is 9.97 Å². The number of anilines is 2. The van der Waals surface area contributed by atoms with Crippen molar-refractivity contribution >= 4 is 43.4 Å². The van der Waals surface area contributed by atoms with Gasteiger partial charge in [0.1, 0.15) is 22.1 Å². The maximum atomic E-state index is 13.8. The topological polar surface area (TPSA) is 37.8 Å². The maximum Gasteiger partial charge on any atom is 0.147 e. The molecule has 0 atom stereocenters. The molecule has 19 heavy (non-hydrogen) atoms. The average Bonchev–Trinajstić information content (AvgIpc) is 3.16. The first-order chi connectivity index (χ1) is 9.11. The third-order valence-electron chi connectivity index (χ3n) is 2.85. The minimum atomic E-state index is -0.322. The van der Waals surface area contributed by atoms with Gasteiger partial charge >= 0.3 is 0 Å². The van der Waals surface area contributed by atoms with Crippen LogP contribution in [0.2, 0.25) is 0 Å². The summed E-state index contributed by atoms with van der Waals surface area (Å²) in [4.78, 5) is 8.76. The molecule has 0 spiro atoms. The van der Waals surface area contributed by atoms with Crippen LogP contribution in [0.4, 0.5) is 15.9 Å². The van der Waals surface area contributed by atoms with E-state index < -0.39 is 0 Å². The Kier molecular flexibility index (Phi) is 3.54. The highest BCUT2D eigenvalue weighted by Crippen LogP contribution is 2.39. The summed E-state index contributed by atoms with van der Waals surface area (Å²) >= 11 is 6.59. The summed E-state index contributed by atoms with van der Waals surface area (Å²) in [5.41, 5.74) is 0.399. The lowest BCUT2D eigenvalue weighted by molar-refractivity contribution is 0.631. The molecule has 0 unspecified atom stereocenters. The van der Waals surface area contributed by atoms with Crippen LogP contribution in [-0.2, 0) is 0 Å². The number of rotatable bonds is 3. The van der Waals surface area contributed by atoms with Gasteiger partial charge in [0.25, 0.3) is 0 Å². The van der Waals surface area contributed by atoms with Gasteiger partial charge in [-0.2, -0.15) is 0 Å². The fourth-order valence-electron chi connectivity index (χ4n) is 1.75. The van der Waals surface area contributed by atoms with E-state index in [0.29, 0.717) is 26.5 Å². The van der Waals surface area contributed by atoms with Gasteiger partial charge in [0.05, 0.1) is 5.69 Å². The van der Waals surface area contributed by atoms with Gasteiger partial charge in [-0.1, -0.05) is 15.9 Å². The van der Waals surface area contributed by atoms with Crippen LogP contribution in [0, 0.1) is 5.82 Å². The van der Waals surface area contributed by atoms with Crippen LogP contribution >= 0.6 is 31.9 Å². The van der Waals surface area contributed by atoms with E-state index >= 15 is 0 Å². The lowest BCUT2D eigenvalue weighted by atomic mass is 10.3. The zero-order valence-electron chi connectivity index (χ0n) is 9.83. The molecule has 0 saturated heterocycles. The predicted octanol–water partition coefficient (Wildman–Crippen LogP) is 4.76. The van der Waals surface area contributed by atoms with Crippen molar-refractivity contribution in [3.05, 3.63) is 45.0 Å². The summed E-state index contributed by atoms with van der Waals surface area (Å²) in [5, 5.41) is 2.99. The van der Waals surface area contributed by atoms with E-state index in [-0.39, 0.29) is 5.82 Å². The van der Waals surface area contributed by atoms with Crippen LogP contribution in [0.3, 0.4) is 0 Å². The molecule has 1 saturated carbocycles. The number of aromatic nitrogens is 2. The Balaban J connectivity index is 1.89. The first-order valence-electron chi connectivity index (χ1n) is 5.88. The second-order valence-corrected chi connectivity index (χ2v) is 6.19. The third kappa shape index (κ3) is 3.12.